The van der Waals surface area contributed by atoms with Crippen molar-refractivity contribution in [2.75, 3.05) is 32.1 Å². The number of ether oxygens (including phenoxy) is 3. The lowest BCUT2D eigenvalue weighted by atomic mass is 10.1. The van der Waals surface area contributed by atoms with Crippen LogP contribution in [0.3, 0.4) is 0 Å². The minimum absolute atomic E-state index is 0.176. The van der Waals surface area contributed by atoms with Crippen molar-refractivity contribution in [1.82, 2.24) is 9.88 Å². The molecule has 1 atom stereocenters. The second kappa shape index (κ2) is 11.9. The van der Waals surface area contributed by atoms with E-state index in [0.29, 0.717) is 18.0 Å². The monoisotopic (exact) mass is 489 g/mol. The quantitative estimate of drug-likeness (QED) is 0.374. The van der Waals surface area contributed by atoms with Crippen molar-refractivity contribution in [2.24, 2.45) is 0 Å². The number of carbonyl (C=O) groups is 1. The highest BCUT2D eigenvalue weighted by Gasteiger charge is 2.29. The Balaban J connectivity index is 1.38. The number of hydrogen-bond donors (Lipinski definition) is 0. The Kier molecular flexibility index (Phi) is 8.44. The van der Waals surface area contributed by atoms with E-state index in [9.17, 15) is 4.79 Å². The number of anilines is 1. The van der Waals surface area contributed by atoms with Crippen molar-refractivity contribution < 1.29 is 19.0 Å². The summed E-state index contributed by atoms with van der Waals surface area (Å²) in [4.78, 5) is 21.6. The molecular formula is C29H35N3O4. The average Bonchev–Trinajstić information content (AvgIpc) is 3.36. The first-order valence-corrected chi connectivity index (χ1v) is 12.4. The predicted octanol–water partition coefficient (Wildman–Crippen LogP) is 4.95. The Morgan fingerprint density at radius 1 is 1.08 bits per heavy atom. The molecule has 3 aromatic rings. The van der Waals surface area contributed by atoms with Gasteiger partial charge < -0.3 is 19.1 Å². The number of hydrogen-bond acceptors (Lipinski definition) is 7. The summed E-state index contributed by atoms with van der Waals surface area (Å²) < 4.78 is 17.0. The largest absolute Gasteiger partial charge is 0.493 e. The summed E-state index contributed by atoms with van der Waals surface area (Å²) in [5, 5.41) is 0. The van der Waals surface area contributed by atoms with E-state index in [0.717, 1.165) is 43.1 Å². The maximum absolute atomic E-state index is 12.6. The summed E-state index contributed by atoms with van der Waals surface area (Å²) in [5.74, 6) is 1.80. The molecule has 0 N–H and O–H groups in total. The molecule has 1 fully saturated rings. The lowest BCUT2D eigenvalue weighted by Crippen LogP contribution is -2.36. The maximum atomic E-state index is 12.6. The van der Waals surface area contributed by atoms with Crippen LogP contribution in [0.25, 0.3) is 0 Å². The van der Waals surface area contributed by atoms with Gasteiger partial charge >= 0.3 is 5.97 Å². The van der Waals surface area contributed by atoms with E-state index < -0.39 is 0 Å². The molecule has 7 nitrogen and oxygen atoms in total. The summed E-state index contributed by atoms with van der Waals surface area (Å²) in [5.41, 5.74) is 2.79. The summed E-state index contributed by atoms with van der Waals surface area (Å²) in [7, 11) is 3.68. The van der Waals surface area contributed by atoms with Gasteiger partial charge in [0, 0.05) is 38.9 Å². The third-order valence-corrected chi connectivity index (χ3v) is 6.35. The SMILES string of the molecule is COc1cc(CN2CCC(N(C)c3ncccc3C(=O)OC(C)C)C2)ccc1OCc1ccccc1. The van der Waals surface area contributed by atoms with Gasteiger partial charge in [-0.25, -0.2) is 9.78 Å². The minimum Gasteiger partial charge on any atom is -0.493 e. The van der Waals surface area contributed by atoms with Crippen LogP contribution in [0.4, 0.5) is 5.82 Å². The number of nitrogens with zero attached hydrogens (tertiary/aromatic N) is 3. The van der Waals surface area contributed by atoms with Gasteiger partial charge in [-0.1, -0.05) is 36.4 Å². The summed E-state index contributed by atoms with van der Waals surface area (Å²) in [6.45, 7) is 6.84. The summed E-state index contributed by atoms with van der Waals surface area (Å²) >= 11 is 0. The first kappa shape index (κ1) is 25.5. The molecule has 7 heteroatoms. The molecule has 4 rings (SSSR count). The van der Waals surface area contributed by atoms with Gasteiger partial charge in [0.2, 0.25) is 0 Å². The van der Waals surface area contributed by atoms with E-state index in [1.807, 2.05) is 57.3 Å². The number of benzene rings is 2. The Labute approximate surface area is 213 Å². The fourth-order valence-corrected chi connectivity index (χ4v) is 4.48. The van der Waals surface area contributed by atoms with Gasteiger partial charge in [-0.05, 0) is 55.7 Å². The van der Waals surface area contributed by atoms with Crippen molar-refractivity contribution >= 4 is 11.8 Å². The van der Waals surface area contributed by atoms with Crippen molar-refractivity contribution in [2.45, 2.75) is 45.6 Å². The van der Waals surface area contributed by atoms with Crippen LogP contribution in [-0.4, -0.2) is 55.2 Å². The molecule has 0 radical (unpaired) electrons. The number of pyridine rings is 1. The zero-order valence-corrected chi connectivity index (χ0v) is 21.5. The average molecular weight is 490 g/mol. The van der Waals surface area contributed by atoms with Crippen LogP contribution >= 0.6 is 0 Å². The summed E-state index contributed by atoms with van der Waals surface area (Å²) in [6.07, 6.45) is 2.53. The lowest BCUT2D eigenvalue weighted by Gasteiger charge is -2.27. The highest BCUT2D eigenvalue weighted by Crippen LogP contribution is 2.30. The molecular weight excluding hydrogens is 454 g/mol. The normalized spacial score (nSPS) is 15.6. The Morgan fingerprint density at radius 2 is 1.89 bits per heavy atom. The first-order valence-electron chi connectivity index (χ1n) is 12.4. The number of carbonyl (C=O) groups excluding carboxylic acids is 1. The predicted molar refractivity (Wildman–Crippen MR) is 141 cm³/mol. The van der Waals surface area contributed by atoms with Gasteiger partial charge in [-0.2, -0.15) is 0 Å². The number of likely N-dealkylation sites (N-methyl/N-ethyl adjacent to an activating group) is 1. The van der Waals surface area contributed by atoms with E-state index in [1.54, 1.807) is 25.4 Å². The standard InChI is InChI=1S/C29H35N3O4/c1-21(2)36-29(33)25-11-8-15-30-28(25)31(3)24-14-16-32(19-24)18-23-12-13-26(27(17-23)34-4)35-20-22-9-6-5-7-10-22/h5-13,15,17,21,24H,14,16,18-20H2,1-4H3. The molecule has 0 saturated carbocycles. The highest BCUT2D eigenvalue weighted by molar-refractivity contribution is 5.94. The fourth-order valence-electron chi connectivity index (χ4n) is 4.48. The van der Waals surface area contributed by atoms with E-state index in [1.165, 1.54) is 5.56 Å². The van der Waals surface area contributed by atoms with Gasteiger partial charge in [0.05, 0.1) is 13.2 Å². The number of rotatable bonds is 10. The van der Waals surface area contributed by atoms with Crippen LogP contribution in [0.5, 0.6) is 11.5 Å². The molecule has 2 aromatic carbocycles. The van der Waals surface area contributed by atoms with Gasteiger partial charge in [-0.15, -0.1) is 0 Å². The molecule has 1 saturated heterocycles. The van der Waals surface area contributed by atoms with E-state index in [2.05, 4.69) is 26.9 Å². The Bertz CT molecular complexity index is 1150. The van der Waals surface area contributed by atoms with Gasteiger partial charge in [0.15, 0.2) is 11.5 Å². The zero-order chi connectivity index (χ0) is 25.5. The number of methoxy groups -OCH3 is 1. The van der Waals surface area contributed by atoms with Crippen LogP contribution in [0, 0.1) is 0 Å². The second-order valence-corrected chi connectivity index (χ2v) is 9.38. The molecule has 1 aromatic heterocycles. The topological polar surface area (TPSA) is 64.1 Å². The third-order valence-electron chi connectivity index (χ3n) is 6.35. The fraction of sp³-hybridized carbons (Fsp3) is 0.379. The Morgan fingerprint density at radius 3 is 2.64 bits per heavy atom. The number of likely N-dealkylation sites (tertiary alicyclic amines) is 1. The van der Waals surface area contributed by atoms with E-state index in [-0.39, 0.29) is 18.1 Å². The first-order chi connectivity index (χ1) is 17.4. The molecule has 1 aliphatic heterocycles. The van der Waals surface area contributed by atoms with Gasteiger partial charge in [0.1, 0.15) is 18.0 Å². The van der Waals surface area contributed by atoms with Crippen LogP contribution in [0.1, 0.15) is 41.8 Å². The van der Waals surface area contributed by atoms with E-state index in [4.69, 9.17) is 14.2 Å². The minimum atomic E-state index is -0.337. The molecule has 1 unspecified atom stereocenters. The number of aromatic nitrogens is 1. The van der Waals surface area contributed by atoms with Gasteiger partial charge in [-0.3, -0.25) is 4.90 Å². The van der Waals surface area contributed by atoms with Crippen LogP contribution in [-0.2, 0) is 17.9 Å². The third kappa shape index (κ3) is 6.34. The maximum Gasteiger partial charge on any atom is 0.342 e. The molecule has 0 aliphatic carbocycles. The highest BCUT2D eigenvalue weighted by atomic mass is 16.5. The Hall–Kier alpha value is -3.58. The molecule has 0 bridgehead atoms. The van der Waals surface area contributed by atoms with Crippen molar-refractivity contribution in [1.29, 1.82) is 0 Å². The summed E-state index contributed by atoms with van der Waals surface area (Å²) in [6, 6.07) is 20.0. The number of esters is 1. The molecule has 0 spiro atoms. The molecule has 2 heterocycles. The van der Waals surface area contributed by atoms with Crippen molar-refractivity contribution in [3.05, 3.63) is 83.6 Å². The zero-order valence-electron chi connectivity index (χ0n) is 21.5. The van der Waals surface area contributed by atoms with Crippen molar-refractivity contribution in [3.8, 4) is 11.5 Å². The van der Waals surface area contributed by atoms with Crippen molar-refractivity contribution in [3.63, 3.8) is 0 Å². The molecule has 190 valence electrons. The van der Waals surface area contributed by atoms with Gasteiger partial charge in [0.25, 0.3) is 0 Å². The van der Waals surface area contributed by atoms with Crippen LogP contribution in [0.15, 0.2) is 66.9 Å². The molecule has 0 amide bonds. The molecule has 36 heavy (non-hydrogen) atoms. The lowest BCUT2D eigenvalue weighted by molar-refractivity contribution is 0.0378. The van der Waals surface area contributed by atoms with Crippen LogP contribution < -0.4 is 14.4 Å². The molecule has 1 aliphatic rings. The second-order valence-electron chi connectivity index (χ2n) is 9.38. The van der Waals surface area contributed by atoms with E-state index >= 15 is 0 Å². The van der Waals surface area contributed by atoms with Crippen LogP contribution in [0.2, 0.25) is 0 Å². The smallest absolute Gasteiger partial charge is 0.342 e.